The zero-order chi connectivity index (χ0) is 28.1. The Bertz CT molecular complexity index is 1630. The van der Waals surface area contributed by atoms with Gasteiger partial charge in [0, 0.05) is 13.0 Å². The van der Waals surface area contributed by atoms with E-state index in [1.807, 2.05) is 6.92 Å². The molecule has 12 nitrogen and oxygen atoms in total. The molecule has 0 spiro atoms. The van der Waals surface area contributed by atoms with Crippen LogP contribution in [0.3, 0.4) is 0 Å². The van der Waals surface area contributed by atoms with Gasteiger partial charge in [0.25, 0.3) is 11.5 Å². The molecule has 0 unspecified atom stereocenters. The number of H-pyrrole nitrogens is 2. The normalized spacial score (nSPS) is 11.6. The molecule has 13 heteroatoms. The van der Waals surface area contributed by atoms with Crippen molar-refractivity contribution >= 4 is 28.5 Å². The van der Waals surface area contributed by atoms with Crippen molar-refractivity contribution in [2.75, 3.05) is 11.4 Å². The second kappa shape index (κ2) is 11.5. The number of nitrogens with one attached hydrogen (secondary N) is 3. The first-order valence-corrected chi connectivity index (χ1v) is 11.9. The number of terminal acetylenes is 1. The summed E-state index contributed by atoms with van der Waals surface area (Å²) in [4.78, 5) is 45.7. The number of nitrogens with zero attached hydrogens (tertiary/aromatic N) is 5. The number of carbonyl (C=O) groups excluding carboxylic acids is 1. The summed E-state index contributed by atoms with van der Waals surface area (Å²) >= 11 is 0. The maximum absolute atomic E-state index is 15.7. The number of hydrogen-bond acceptors (Lipinski definition) is 8. The number of hydrogen-bond donors (Lipinski definition) is 4. The van der Waals surface area contributed by atoms with Gasteiger partial charge in [-0.2, -0.15) is 5.21 Å². The summed E-state index contributed by atoms with van der Waals surface area (Å²) in [7, 11) is 0. The Kier molecular flexibility index (Phi) is 7.95. The van der Waals surface area contributed by atoms with Crippen molar-refractivity contribution in [3.8, 4) is 12.3 Å². The number of aryl methyl sites for hydroxylation is 3. The van der Waals surface area contributed by atoms with Crippen LogP contribution in [0.5, 0.6) is 0 Å². The first kappa shape index (κ1) is 26.9. The van der Waals surface area contributed by atoms with Crippen LogP contribution in [-0.2, 0) is 17.8 Å². The Hall–Kier alpha value is -5.12. The second-order valence-electron chi connectivity index (χ2n) is 8.88. The van der Waals surface area contributed by atoms with E-state index in [1.165, 1.54) is 18.2 Å². The predicted octanol–water partition coefficient (Wildman–Crippen LogP) is 1.65. The standard InChI is InChI=1S/C26H25FN8O4/c1-4-10-35(13-16-12-18-20(11-14(16)2)28-15(3)29-25(18)37)21-7-5-6-17(23(21)27)24(36)30-19(26(38)39)8-9-22-31-33-34-32-22/h1,5-7,11-12,19H,8-10,13H2,2-3H3,(H,30,36)(H,38,39)(H,28,29,37)(H,31,32,33,34)/t19-/m0/s1. The lowest BCUT2D eigenvalue weighted by Gasteiger charge is -2.25. The Morgan fingerprint density at radius 1 is 1.28 bits per heavy atom. The molecule has 0 radical (unpaired) electrons. The van der Waals surface area contributed by atoms with Gasteiger partial charge in [0.1, 0.15) is 11.9 Å². The number of aromatic amines is 2. The van der Waals surface area contributed by atoms with Crippen molar-refractivity contribution in [3.05, 3.63) is 74.8 Å². The van der Waals surface area contributed by atoms with Gasteiger partial charge in [0.05, 0.1) is 28.7 Å². The van der Waals surface area contributed by atoms with Crippen molar-refractivity contribution in [3.63, 3.8) is 0 Å². The van der Waals surface area contributed by atoms with Crippen molar-refractivity contribution in [1.29, 1.82) is 0 Å². The molecule has 1 amide bonds. The molecule has 4 rings (SSSR count). The highest BCUT2D eigenvalue weighted by Crippen LogP contribution is 2.26. The number of aromatic nitrogens is 6. The molecule has 39 heavy (non-hydrogen) atoms. The minimum absolute atomic E-state index is 0.00439. The van der Waals surface area contributed by atoms with Crippen molar-refractivity contribution in [2.45, 2.75) is 39.3 Å². The fourth-order valence-corrected chi connectivity index (χ4v) is 4.16. The third kappa shape index (κ3) is 6.07. The van der Waals surface area contributed by atoms with Gasteiger partial charge >= 0.3 is 5.97 Å². The highest BCUT2D eigenvalue weighted by Gasteiger charge is 2.25. The van der Waals surface area contributed by atoms with E-state index in [-0.39, 0.29) is 48.6 Å². The zero-order valence-electron chi connectivity index (χ0n) is 21.2. The monoisotopic (exact) mass is 532 g/mol. The molecular weight excluding hydrogens is 507 g/mol. The van der Waals surface area contributed by atoms with Gasteiger partial charge in [-0.1, -0.05) is 17.2 Å². The van der Waals surface area contributed by atoms with Gasteiger partial charge in [0.15, 0.2) is 11.6 Å². The highest BCUT2D eigenvalue weighted by molar-refractivity contribution is 5.97. The van der Waals surface area contributed by atoms with Crippen LogP contribution >= 0.6 is 0 Å². The largest absolute Gasteiger partial charge is 0.480 e. The number of rotatable bonds is 10. The molecule has 2 aromatic heterocycles. The van der Waals surface area contributed by atoms with Gasteiger partial charge in [-0.05, 0) is 55.7 Å². The summed E-state index contributed by atoms with van der Waals surface area (Å²) in [6.45, 7) is 3.69. The molecule has 0 aliphatic rings. The number of fused-ring (bicyclic) bond motifs is 1. The molecule has 0 fully saturated rings. The van der Waals surface area contributed by atoms with E-state index >= 15 is 4.39 Å². The van der Waals surface area contributed by atoms with Crippen LogP contribution in [0, 0.1) is 32.0 Å². The molecule has 1 atom stereocenters. The molecule has 0 bridgehead atoms. The first-order chi connectivity index (χ1) is 18.7. The number of tetrazole rings is 1. The molecule has 2 aromatic carbocycles. The van der Waals surface area contributed by atoms with E-state index in [0.29, 0.717) is 16.7 Å². The number of carbonyl (C=O) groups is 2. The maximum Gasteiger partial charge on any atom is 0.326 e. The van der Waals surface area contributed by atoms with E-state index in [2.05, 4.69) is 41.8 Å². The minimum atomic E-state index is -1.31. The van der Waals surface area contributed by atoms with Crippen LogP contribution in [0.15, 0.2) is 35.1 Å². The number of halogens is 1. The topological polar surface area (TPSA) is 170 Å². The Labute approximate surface area is 221 Å². The summed E-state index contributed by atoms with van der Waals surface area (Å²) in [5.41, 5.74) is 1.50. The predicted molar refractivity (Wildman–Crippen MR) is 140 cm³/mol. The maximum atomic E-state index is 15.7. The third-order valence-corrected chi connectivity index (χ3v) is 6.14. The lowest BCUT2D eigenvalue weighted by atomic mass is 10.0. The summed E-state index contributed by atoms with van der Waals surface area (Å²) in [6.07, 6.45) is 5.68. The number of carboxylic acid groups (broad SMARTS) is 1. The molecule has 0 aliphatic carbocycles. The summed E-state index contributed by atoms with van der Waals surface area (Å²) < 4.78 is 15.7. The molecule has 0 aliphatic heterocycles. The van der Waals surface area contributed by atoms with Crippen LogP contribution in [0.2, 0.25) is 0 Å². The first-order valence-electron chi connectivity index (χ1n) is 11.9. The molecule has 4 aromatic rings. The number of aliphatic carboxylic acids is 1. The molecular formula is C26H25FN8O4. The summed E-state index contributed by atoms with van der Waals surface area (Å²) in [5.74, 6) is 0.225. The van der Waals surface area contributed by atoms with Gasteiger partial charge in [-0.25, -0.2) is 14.2 Å². The second-order valence-corrected chi connectivity index (χ2v) is 8.88. The average molecular weight is 533 g/mol. The average Bonchev–Trinajstić information content (AvgIpc) is 3.40. The minimum Gasteiger partial charge on any atom is -0.480 e. The number of benzene rings is 2. The van der Waals surface area contributed by atoms with Crippen molar-refractivity contribution < 1.29 is 19.1 Å². The van der Waals surface area contributed by atoms with Gasteiger partial charge < -0.3 is 20.3 Å². The molecule has 0 saturated heterocycles. The van der Waals surface area contributed by atoms with Crippen LogP contribution in [-0.4, -0.2) is 60.2 Å². The molecule has 200 valence electrons. The zero-order valence-corrected chi connectivity index (χ0v) is 21.2. The van der Waals surface area contributed by atoms with E-state index < -0.39 is 23.7 Å². The SMILES string of the molecule is C#CCN(Cc1cc2c(=O)[nH]c(C)nc2cc1C)c1cccc(C(=O)N[C@@H](CCc2nn[nH]n2)C(=O)O)c1F. The van der Waals surface area contributed by atoms with Crippen molar-refractivity contribution in [1.82, 2.24) is 35.9 Å². The Balaban J connectivity index is 1.60. The summed E-state index contributed by atoms with van der Waals surface area (Å²) in [6, 6.07) is 6.38. The Morgan fingerprint density at radius 2 is 2.08 bits per heavy atom. The Morgan fingerprint density at radius 3 is 2.77 bits per heavy atom. The smallest absolute Gasteiger partial charge is 0.326 e. The molecule has 2 heterocycles. The molecule has 0 saturated carbocycles. The van der Waals surface area contributed by atoms with Gasteiger partial charge in [0.2, 0.25) is 0 Å². The third-order valence-electron chi connectivity index (χ3n) is 6.14. The summed E-state index contributed by atoms with van der Waals surface area (Å²) in [5, 5.41) is 25.5. The highest BCUT2D eigenvalue weighted by atomic mass is 19.1. The van der Waals surface area contributed by atoms with Crippen molar-refractivity contribution in [2.24, 2.45) is 0 Å². The van der Waals surface area contributed by atoms with Crippen LogP contribution in [0.4, 0.5) is 10.1 Å². The fraction of sp³-hybridized carbons (Fsp3) is 0.269. The van der Waals surface area contributed by atoms with Crippen LogP contribution in [0.25, 0.3) is 10.9 Å². The number of anilines is 1. The molecule has 4 N–H and O–H groups in total. The lowest BCUT2D eigenvalue weighted by molar-refractivity contribution is -0.139. The van der Waals surface area contributed by atoms with E-state index in [4.69, 9.17) is 6.42 Å². The van der Waals surface area contributed by atoms with E-state index in [9.17, 15) is 19.5 Å². The number of carboxylic acids is 1. The van der Waals surface area contributed by atoms with Gasteiger partial charge in [-0.15, -0.1) is 16.6 Å². The van der Waals surface area contributed by atoms with Gasteiger partial charge in [-0.3, -0.25) is 9.59 Å². The fourth-order valence-electron chi connectivity index (χ4n) is 4.16. The number of amides is 1. The van der Waals surface area contributed by atoms with Crippen LogP contribution < -0.4 is 15.8 Å². The van der Waals surface area contributed by atoms with Crippen LogP contribution in [0.1, 0.15) is 39.6 Å². The lowest BCUT2D eigenvalue weighted by Crippen LogP contribution is -2.41. The van der Waals surface area contributed by atoms with E-state index in [0.717, 1.165) is 11.1 Å². The quantitative estimate of drug-likeness (QED) is 0.222. The van der Waals surface area contributed by atoms with E-state index in [1.54, 1.807) is 24.0 Å².